The van der Waals surface area contributed by atoms with E-state index in [0.29, 0.717) is 6.54 Å². The van der Waals surface area contributed by atoms with Gasteiger partial charge in [0.2, 0.25) is 0 Å². The molecule has 0 aliphatic carbocycles. The molecule has 0 aromatic heterocycles. The lowest BCUT2D eigenvalue weighted by molar-refractivity contribution is 0.127. The van der Waals surface area contributed by atoms with Crippen LogP contribution < -0.4 is 5.73 Å². The van der Waals surface area contributed by atoms with Crippen LogP contribution in [0.5, 0.6) is 0 Å². The number of halogens is 1. The van der Waals surface area contributed by atoms with Crippen molar-refractivity contribution in [1.82, 2.24) is 0 Å². The fraction of sp³-hybridized carbons (Fsp3) is 0.500. The quantitative estimate of drug-likeness (QED) is 0.817. The van der Waals surface area contributed by atoms with Crippen LogP contribution in [0.4, 0.5) is 0 Å². The van der Waals surface area contributed by atoms with Crippen LogP contribution in [0.3, 0.4) is 0 Å². The Labute approximate surface area is 105 Å². The van der Waals surface area contributed by atoms with E-state index < -0.39 is 0 Å². The van der Waals surface area contributed by atoms with Gasteiger partial charge >= 0.3 is 0 Å². The van der Waals surface area contributed by atoms with E-state index in [-0.39, 0.29) is 12.0 Å². The predicted molar refractivity (Wildman–Crippen MR) is 71.7 cm³/mol. The fourth-order valence-electron chi connectivity index (χ4n) is 1.61. The zero-order valence-corrected chi connectivity index (χ0v) is 11.2. The van der Waals surface area contributed by atoms with Crippen LogP contribution in [0.25, 0.3) is 0 Å². The molecule has 0 saturated carbocycles. The molecule has 0 radical (unpaired) electrons. The van der Waals surface area contributed by atoms with Gasteiger partial charge in [-0.3, -0.25) is 0 Å². The molecule has 1 atom stereocenters. The Morgan fingerprint density at radius 1 is 1.33 bits per heavy atom. The van der Waals surface area contributed by atoms with Gasteiger partial charge in [0.15, 0.2) is 0 Å². The van der Waals surface area contributed by atoms with E-state index in [1.54, 1.807) is 0 Å². The van der Waals surface area contributed by atoms with Gasteiger partial charge in [0.25, 0.3) is 0 Å². The molecule has 1 rings (SSSR count). The van der Waals surface area contributed by atoms with Gasteiger partial charge in [-0.25, -0.2) is 0 Å². The molecule has 1 aromatic rings. The van der Waals surface area contributed by atoms with Crippen molar-refractivity contribution in [3.8, 4) is 0 Å². The Bertz CT molecular complexity index is 285. The molecule has 0 aliphatic rings. The van der Waals surface area contributed by atoms with Crippen molar-refractivity contribution in [2.24, 2.45) is 11.1 Å². The molecule has 3 N–H and O–H groups in total. The first-order valence-electron chi connectivity index (χ1n) is 5.21. The Morgan fingerprint density at radius 2 is 1.93 bits per heavy atom. The monoisotopic (exact) mass is 319 g/mol. The summed E-state index contributed by atoms with van der Waals surface area (Å²) in [6.07, 6.45) is 1.76. The topological polar surface area (TPSA) is 46.2 Å². The largest absolute Gasteiger partial charge is 0.396 e. The minimum Gasteiger partial charge on any atom is -0.396 e. The highest BCUT2D eigenvalue weighted by molar-refractivity contribution is 14.1. The second-order valence-electron chi connectivity index (χ2n) is 4.02. The standard InChI is InChI=1S/C12H18INO/c1-2-12(8-14,9-15)7-10-3-5-11(13)6-4-10/h3-6,15H,2,7-9,14H2,1H3. The summed E-state index contributed by atoms with van der Waals surface area (Å²) in [6, 6.07) is 8.39. The van der Waals surface area contributed by atoms with Crippen LogP contribution in [0, 0.1) is 8.99 Å². The highest BCUT2D eigenvalue weighted by Gasteiger charge is 2.25. The molecular formula is C12H18INO. The number of nitrogens with two attached hydrogens (primary N) is 1. The SMILES string of the molecule is CCC(CN)(CO)Cc1ccc(I)cc1. The number of hydrogen-bond donors (Lipinski definition) is 2. The van der Waals surface area contributed by atoms with Crippen LogP contribution in [0.1, 0.15) is 18.9 Å². The molecule has 0 fully saturated rings. The van der Waals surface area contributed by atoms with Crippen molar-refractivity contribution in [2.45, 2.75) is 19.8 Å². The summed E-state index contributed by atoms with van der Waals surface area (Å²) >= 11 is 2.29. The number of aliphatic hydroxyl groups excluding tert-OH is 1. The van der Waals surface area contributed by atoms with E-state index in [1.807, 2.05) is 0 Å². The zero-order chi connectivity index (χ0) is 11.3. The maximum atomic E-state index is 9.41. The van der Waals surface area contributed by atoms with Gasteiger partial charge in [-0.2, -0.15) is 0 Å². The molecule has 0 amide bonds. The summed E-state index contributed by atoms with van der Waals surface area (Å²) in [4.78, 5) is 0. The molecule has 0 saturated heterocycles. The molecule has 3 heteroatoms. The molecule has 15 heavy (non-hydrogen) atoms. The van der Waals surface area contributed by atoms with Crippen LogP contribution >= 0.6 is 22.6 Å². The minimum absolute atomic E-state index is 0.146. The molecule has 0 heterocycles. The van der Waals surface area contributed by atoms with Crippen molar-refractivity contribution in [3.63, 3.8) is 0 Å². The molecule has 0 spiro atoms. The lowest BCUT2D eigenvalue weighted by atomic mass is 9.80. The van der Waals surface area contributed by atoms with Crippen LogP contribution in [0.15, 0.2) is 24.3 Å². The summed E-state index contributed by atoms with van der Waals surface area (Å²) in [5.74, 6) is 0. The Kier molecular flexibility index (Phi) is 5.02. The van der Waals surface area contributed by atoms with E-state index in [1.165, 1.54) is 9.13 Å². The van der Waals surface area contributed by atoms with Gasteiger partial charge in [-0.15, -0.1) is 0 Å². The maximum Gasteiger partial charge on any atom is 0.0502 e. The Morgan fingerprint density at radius 3 is 2.33 bits per heavy atom. The van der Waals surface area contributed by atoms with Crippen LogP contribution in [-0.2, 0) is 6.42 Å². The van der Waals surface area contributed by atoms with Crippen molar-refractivity contribution >= 4 is 22.6 Å². The number of rotatable bonds is 5. The average Bonchev–Trinajstić information content (AvgIpc) is 2.29. The molecular weight excluding hydrogens is 301 g/mol. The van der Waals surface area contributed by atoms with Crippen molar-refractivity contribution in [2.75, 3.05) is 13.2 Å². The minimum atomic E-state index is -0.146. The summed E-state index contributed by atoms with van der Waals surface area (Å²) in [7, 11) is 0. The van der Waals surface area contributed by atoms with Crippen molar-refractivity contribution in [3.05, 3.63) is 33.4 Å². The Balaban J connectivity index is 2.78. The molecule has 0 aliphatic heterocycles. The number of benzene rings is 1. The normalized spacial score (nSPS) is 14.9. The summed E-state index contributed by atoms with van der Waals surface area (Å²) in [5.41, 5.74) is 6.85. The maximum absolute atomic E-state index is 9.41. The smallest absolute Gasteiger partial charge is 0.0502 e. The Hall–Kier alpha value is -0.130. The first-order valence-corrected chi connectivity index (χ1v) is 6.29. The lowest BCUT2D eigenvalue weighted by Gasteiger charge is -2.29. The molecule has 0 bridgehead atoms. The van der Waals surface area contributed by atoms with E-state index in [4.69, 9.17) is 5.73 Å². The second-order valence-corrected chi connectivity index (χ2v) is 5.26. The zero-order valence-electron chi connectivity index (χ0n) is 9.04. The number of hydrogen-bond acceptors (Lipinski definition) is 2. The van der Waals surface area contributed by atoms with Crippen molar-refractivity contribution < 1.29 is 5.11 Å². The highest BCUT2D eigenvalue weighted by atomic mass is 127. The summed E-state index contributed by atoms with van der Waals surface area (Å²) in [5, 5.41) is 9.41. The fourth-order valence-corrected chi connectivity index (χ4v) is 1.97. The summed E-state index contributed by atoms with van der Waals surface area (Å²) < 4.78 is 1.23. The van der Waals surface area contributed by atoms with Gasteiger partial charge in [0.1, 0.15) is 0 Å². The van der Waals surface area contributed by atoms with E-state index in [0.717, 1.165) is 12.8 Å². The van der Waals surface area contributed by atoms with E-state index in [2.05, 4.69) is 53.8 Å². The lowest BCUT2D eigenvalue weighted by Crippen LogP contribution is -2.35. The van der Waals surface area contributed by atoms with E-state index >= 15 is 0 Å². The molecule has 1 aromatic carbocycles. The third-order valence-electron chi connectivity index (χ3n) is 3.01. The van der Waals surface area contributed by atoms with Gasteiger partial charge in [0, 0.05) is 15.5 Å². The third-order valence-corrected chi connectivity index (χ3v) is 3.73. The van der Waals surface area contributed by atoms with E-state index in [9.17, 15) is 5.11 Å². The first kappa shape index (κ1) is 12.9. The summed E-state index contributed by atoms with van der Waals surface area (Å²) in [6.45, 7) is 2.77. The van der Waals surface area contributed by atoms with Gasteiger partial charge in [-0.05, 0) is 53.1 Å². The van der Waals surface area contributed by atoms with Crippen LogP contribution in [-0.4, -0.2) is 18.3 Å². The third kappa shape index (κ3) is 3.43. The average molecular weight is 319 g/mol. The van der Waals surface area contributed by atoms with Gasteiger partial charge in [0.05, 0.1) is 6.61 Å². The second kappa shape index (κ2) is 5.82. The molecule has 2 nitrogen and oxygen atoms in total. The van der Waals surface area contributed by atoms with Gasteiger partial charge < -0.3 is 10.8 Å². The first-order chi connectivity index (χ1) is 7.15. The predicted octanol–water partition coefficient (Wildman–Crippen LogP) is 2.18. The highest BCUT2D eigenvalue weighted by Crippen LogP contribution is 2.25. The van der Waals surface area contributed by atoms with Gasteiger partial charge in [-0.1, -0.05) is 19.1 Å². The van der Waals surface area contributed by atoms with Crippen molar-refractivity contribution in [1.29, 1.82) is 0 Å². The van der Waals surface area contributed by atoms with Crippen LogP contribution in [0.2, 0.25) is 0 Å². The molecule has 84 valence electrons. The number of aliphatic hydroxyl groups is 1. The molecule has 1 unspecified atom stereocenters.